The molecule has 0 fully saturated rings. The van der Waals surface area contributed by atoms with E-state index < -0.39 is 0 Å². The highest BCUT2D eigenvalue weighted by atomic mass is 14.7. The Bertz CT molecular complexity index is 1280. The van der Waals surface area contributed by atoms with E-state index in [1.807, 2.05) is 12.3 Å². The molecule has 30 heavy (non-hydrogen) atoms. The predicted molar refractivity (Wildman–Crippen MR) is 124 cm³/mol. The van der Waals surface area contributed by atoms with Gasteiger partial charge in [0.25, 0.3) is 0 Å². The van der Waals surface area contributed by atoms with E-state index in [1.165, 1.54) is 50.1 Å². The Morgan fingerprint density at radius 2 is 1.37 bits per heavy atom. The van der Waals surface area contributed by atoms with Gasteiger partial charge in [-0.25, -0.2) is 0 Å². The van der Waals surface area contributed by atoms with E-state index in [0.717, 1.165) is 31.4 Å². The molecule has 0 spiro atoms. The molecule has 0 saturated carbocycles. The van der Waals surface area contributed by atoms with Crippen LogP contribution in [0.5, 0.6) is 0 Å². The summed E-state index contributed by atoms with van der Waals surface area (Å²) in [6.07, 6.45) is 8.78. The molecule has 2 aliphatic carbocycles. The molecule has 0 atom stereocenters. The van der Waals surface area contributed by atoms with E-state index >= 15 is 0 Å². The van der Waals surface area contributed by atoms with Crippen LogP contribution in [-0.4, -0.2) is 4.98 Å². The van der Waals surface area contributed by atoms with Crippen molar-refractivity contribution in [1.82, 2.24) is 4.98 Å². The van der Waals surface area contributed by atoms with Gasteiger partial charge in [0.15, 0.2) is 0 Å². The second-order valence-corrected chi connectivity index (χ2v) is 8.20. The lowest BCUT2D eigenvalue weighted by Crippen LogP contribution is -2.12. The van der Waals surface area contributed by atoms with Crippen LogP contribution in [0, 0.1) is 0 Å². The Morgan fingerprint density at radius 3 is 2.23 bits per heavy atom. The molecule has 1 heteroatoms. The predicted octanol–water partition coefficient (Wildman–Crippen LogP) is 6.89. The fourth-order valence-electron chi connectivity index (χ4n) is 5.20. The maximum absolute atomic E-state index is 4.65. The van der Waals surface area contributed by atoms with Crippen molar-refractivity contribution in [3.8, 4) is 22.4 Å². The third-order valence-corrected chi connectivity index (χ3v) is 6.54. The number of aryl methyl sites for hydroxylation is 2. The number of nitrogens with zero attached hydrogens (tertiary/aromatic N) is 1. The van der Waals surface area contributed by atoms with Crippen molar-refractivity contribution in [2.75, 3.05) is 0 Å². The van der Waals surface area contributed by atoms with E-state index in [9.17, 15) is 0 Å². The van der Waals surface area contributed by atoms with Crippen LogP contribution in [0.15, 0.2) is 91.1 Å². The molecule has 0 bridgehead atoms. The van der Waals surface area contributed by atoms with E-state index in [1.54, 1.807) is 0 Å². The molecular formula is C29H23N. The SMILES string of the molecule is C1=C(c2ccccc2-c2ccccn2)c2c(ccc3c2CCc2ccccc2-3)CC1. The van der Waals surface area contributed by atoms with Crippen LogP contribution in [0.3, 0.4) is 0 Å². The van der Waals surface area contributed by atoms with Crippen molar-refractivity contribution >= 4 is 5.57 Å². The summed E-state index contributed by atoms with van der Waals surface area (Å²) in [6.45, 7) is 0. The van der Waals surface area contributed by atoms with Crippen molar-refractivity contribution in [1.29, 1.82) is 0 Å². The first-order valence-electron chi connectivity index (χ1n) is 10.8. The van der Waals surface area contributed by atoms with Crippen LogP contribution in [0.1, 0.15) is 34.2 Å². The van der Waals surface area contributed by atoms with Crippen molar-refractivity contribution in [3.63, 3.8) is 0 Å². The van der Waals surface area contributed by atoms with Gasteiger partial charge in [0.2, 0.25) is 0 Å². The van der Waals surface area contributed by atoms with Gasteiger partial charge in [-0.2, -0.15) is 0 Å². The third-order valence-electron chi connectivity index (χ3n) is 6.54. The van der Waals surface area contributed by atoms with Crippen LogP contribution in [-0.2, 0) is 19.3 Å². The highest BCUT2D eigenvalue weighted by Crippen LogP contribution is 2.44. The van der Waals surface area contributed by atoms with Gasteiger partial charge in [0, 0.05) is 11.8 Å². The first kappa shape index (κ1) is 17.4. The summed E-state index contributed by atoms with van der Waals surface area (Å²) in [5.41, 5.74) is 13.7. The molecule has 144 valence electrons. The van der Waals surface area contributed by atoms with Gasteiger partial charge >= 0.3 is 0 Å². The molecule has 3 aromatic carbocycles. The summed E-state index contributed by atoms with van der Waals surface area (Å²) in [4.78, 5) is 4.65. The number of hydrogen-bond acceptors (Lipinski definition) is 1. The van der Waals surface area contributed by atoms with Gasteiger partial charge in [-0.05, 0) is 82.3 Å². The molecule has 1 nitrogen and oxygen atoms in total. The fraction of sp³-hybridized carbons (Fsp3) is 0.138. The van der Waals surface area contributed by atoms with Crippen LogP contribution < -0.4 is 0 Å². The van der Waals surface area contributed by atoms with Crippen LogP contribution in [0.25, 0.3) is 28.0 Å². The zero-order chi connectivity index (χ0) is 19.9. The second-order valence-electron chi connectivity index (χ2n) is 8.20. The monoisotopic (exact) mass is 385 g/mol. The second kappa shape index (κ2) is 7.11. The molecule has 0 aliphatic heterocycles. The van der Waals surface area contributed by atoms with E-state index in [0.29, 0.717) is 0 Å². The number of allylic oxidation sites excluding steroid dienone is 1. The summed E-state index contributed by atoms with van der Waals surface area (Å²) in [5.74, 6) is 0. The fourth-order valence-corrected chi connectivity index (χ4v) is 5.20. The highest BCUT2D eigenvalue weighted by molar-refractivity contribution is 5.93. The number of aromatic nitrogens is 1. The molecule has 1 aromatic heterocycles. The Balaban J connectivity index is 1.58. The van der Waals surface area contributed by atoms with Crippen molar-refractivity contribution in [2.45, 2.75) is 25.7 Å². The molecule has 0 saturated heterocycles. The molecule has 0 radical (unpaired) electrons. The highest BCUT2D eigenvalue weighted by Gasteiger charge is 2.25. The summed E-state index contributed by atoms with van der Waals surface area (Å²) in [7, 11) is 0. The minimum atomic E-state index is 1.04. The first-order chi connectivity index (χ1) is 14.9. The zero-order valence-corrected chi connectivity index (χ0v) is 16.9. The van der Waals surface area contributed by atoms with Crippen molar-refractivity contribution in [2.24, 2.45) is 0 Å². The molecule has 1 heterocycles. The van der Waals surface area contributed by atoms with Crippen LogP contribution in [0.4, 0.5) is 0 Å². The number of rotatable bonds is 2. The number of benzene rings is 3. The van der Waals surface area contributed by atoms with Crippen LogP contribution in [0.2, 0.25) is 0 Å². The minimum absolute atomic E-state index is 1.04. The summed E-state index contributed by atoms with van der Waals surface area (Å²) in [6, 6.07) is 28.5. The van der Waals surface area contributed by atoms with Crippen molar-refractivity contribution in [3.05, 3.63) is 119 Å². The van der Waals surface area contributed by atoms with Gasteiger partial charge in [-0.1, -0.05) is 72.8 Å². The Kier molecular flexibility index (Phi) is 4.12. The van der Waals surface area contributed by atoms with Crippen molar-refractivity contribution < 1.29 is 0 Å². The number of hydrogen-bond donors (Lipinski definition) is 0. The Hall–Kier alpha value is -3.45. The standard InChI is InChI=1S/C29H23N/c1-2-10-22-20(8-1)15-18-27-24(22)17-16-21-9-7-13-26(29(21)27)23-11-3-4-12-25(23)28-14-5-6-19-30-28/h1-6,8,10-14,16-17,19H,7,9,15,18H2. The lowest BCUT2D eigenvalue weighted by molar-refractivity contribution is 0.911. The van der Waals surface area contributed by atoms with Crippen LogP contribution >= 0.6 is 0 Å². The average Bonchev–Trinajstić information content (AvgIpc) is 2.84. The van der Waals surface area contributed by atoms with E-state index in [-0.39, 0.29) is 0 Å². The zero-order valence-electron chi connectivity index (χ0n) is 16.9. The lowest BCUT2D eigenvalue weighted by Gasteiger charge is -2.28. The minimum Gasteiger partial charge on any atom is -0.256 e. The van der Waals surface area contributed by atoms with E-state index in [2.05, 4.69) is 83.9 Å². The topological polar surface area (TPSA) is 12.9 Å². The van der Waals surface area contributed by atoms with Gasteiger partial charge in [-0.3, -0.25) is 4.98 Å². The molecule has 0 unspecified atom stereocenters. The van der Waals surface area contributed by atoms with Gasteiger partial charge in [0.05, 0.1) is 5.69 Å². The molecule has 0 N–H and O–H groups in total. The Labute approximate surface area is 177 Å². The van der Waals surface area contributed by atoms with Gasteiger partial charge in [-0.15, -0.1) is 0 Å². The Morgan fingerprint density at radius 1 is 0.567 bits per heavy atom. The molecule has 4 aromatic rings. The molecule has 2 aliphatic rings. The third kappa shape index (κ3) is 2.74. The van der Waals surface area contributed by atoms with E-state index in [4.69, 9.17) is 0 Å². The normalized spacial score (nSPS) is 14.3. The summed E-state index contributed by atoms with van der Waals surface area (Å²) < 4.78 is 0. The molecule has 0 amide bonds. The summed E-state index contributed by atoms with van der Waals surface area (Å²) in [5, 5.41) is 0. The van der Waals surface area contributed by atoms with Gasteiger partial charge in [0.1, 0.15) is 0 Å². The first-order valence-corrected chi connectivity index (χ1v) is 10.8. The number of pyridine rings is 1. The summed E-state index contributed by atoms with van der Waals surface area (Å²) >= 11 is 0. The quantitative estimate of drug-likeness (QED) is 0.366. The maximum Gasteiger partial charge on any atom is 0.0708 e. The lowest BCUT2D eigenvalue weighted by atomic mass is 9.75. The van der Waals surface area contributed by atoms with Gasteiger partial charge < -0.3 is 0 Å². The largest absolute Gasteiger partial charge is 0.256 e. The number of fused-ring (bicyclic) bond motifs is 5. The maximum atomic E-state index is 4.65. The average molecular weight is 386 g/mol. The smallest absolute Gasteiger partial charge is 0.0708 e. The molecular weight excluding hydrogens is 362 g/mol. The molecule has 6 rings (SSSR count).